The third-order valence-corrected chi connectivity index (χ3v) is 4.30. The first-order valence-electron chi connectivity index (χ1n) is 6.57. The summed E-state index contributed by atoms with van der Waals surface area (Å²) in [6.45, 7) is 4.19. The number of anilines is 1. The molecule has 5 heteroatoms. The maximum Gasteiger partial charge on any atom is 0.226 e. The van der Waals surface area contributed by atoms with Gasteiger partial charge in [0.2, 0.25) is 5.91 Å². The molecular weight excluding hydrogens is 246 g/mol. The van der Waals surface area contributed by atoms with Crippen LogP contribution in [0, 0.1) is 5.92 Å². The van der Waals surface area contributed by atoms with Crippen LogP contribution in [0.25, 0.3) is 0 Å². The lowest BCUT2D eigenvalue weighted by Crippen LogP contribution is -2.28. The highest BCUT2D eigenvalue weighted by Crippen LogP contribution is 2.27. The summed E-state index contributed by atoms with van der Waals surface area (Å²) >= 11 is 1.49. The van der Waals surface area contributed by atoms with Gasteiger partial charge in [-0.25, -0.2) is 4.98 Å². The van der Waals surface area contributed by atoms with Crippen molar-refractivity contribution in [3.05, 3.63) is 11.1 Å². The van der Waals surface area contributed by atoms with E-state index in [1.807, 2.05) is 5.38 Å². The third-order valence-electron chi connectivity index (χ3n) is 3.53. The smallest absolute Gasteiger partial charge is 0.226 e. The molecule has 0 spiro atoms. The number of carbonyl (C=O) groups is 1. The Morgan fingerprint density at radius 3 is 2.94 bits per heavy atom. The molecule has 2 rings (SSSR count). The predicted molar refractivity (Wildman–Crippen MR) is 74.8 cm³/mol. The van der Waals surface area contributed by atoms with Gasteiger partial charge in [-0.1, -0.05) is 20.3 Å². The van der Waals surface area contributed by atoms with E-state index >= 15 is 0 Å². The fraction of sp³-hybridized carbons (Fsp3) is 0.692. The fourth-order valence-corrected chi connectivity index (χ4v) is 3.22. The Labute approximate surface area is 112 Å². The molecule has 0 radical (unpaired) electrons. The van der Waals surface area contributed by atoms with E-state index in [-0.39, 0.29) is 11.9 Å². The quantitative estimate of drug-likeness (QED) is 0.881. The van der Waals surface area contributed by atoms with Gasteiger partial charge in [-0.15, -0.1) is 11.3 Å². The lowest BCUT2D eigenvalue weighted by Gasteiger charge is -2.13. The molecule has 0 unspecified atom stereocenters. The van der Waals surface area contributed by atoms with Gasteiger partial charge in [0.25, 0.3) is 0 Å². The van der Waals surface area contributed by atoms with Crippen molar-refractivity contribution in [1.29, 1.82) is 0 Å². The Hall–Kier alpha value is -0.940. The average molecular weight is 267 g/mol. The second kappa shape index (κ2) is 5.80. The summed E-state index contributed by atoms with van der Waals surface area (Å²) < 4.78 is 0. The van der Waals surface area contributed by atoms with Crippen molar-refractivity contribution in [3.8, 4) is 0 Å². The number of nitrogens with one attached hydrogen (secondary N) is 1. The Morgan fingerprint density at radius 2 is 2.39 bits per heavy atom. The van der Waals surface area contributed by atoms with Crippen LogP contribution >= 0.6 is 11.3 Å². The first kappa shape index (κ1) is 13.5. The van der Waals surface area contributed by atoms with E-state index in [4.69, 9.17) is 5.73 Å². The molecule has 4 nitrogen and oxygen atoms in total. The van der Waals surface area contributed by atoms with Gasteiger partial charge in [0.15, 0.2) is 5.13 Å². The van der Waals surface area contributed by atoms with Crippen LogP contribution in [0.4, 0.5) is 5.13 Å². The highest BCUT2D eigenvalue weighted by atomic mass is 32.1. The minimum atomic E-state index is 0.0435. The van der Waals surface area contributed by atoms with E-state index in [9.17, 15) is 4.79 Å². The molecule has 0 saturated heterocycles. The Bertz CT molecular complexity index is 416. The maximum absolute atomic E-state index is 11.9. The summed E-state index contributed by atoms with van der Waals surface area (Å²) in [4.78, 5) is 16.3. The number of hydrogen-bond donors (Lipinski definition) is 2. The van der Waals surface area contributed by atoms with Crippen molar-refractivity contribution in [1.82, 2.24) is 4.98 Å². The summed E-state index contributed by atoms with van der Waals surface area (Å²) in [7, 11) is 0. The van der Waals surface area contributed by atoms with Crippen molar-refractivity contribution in [2.45, 2.75) is 51.5 Å². The zero-order chi connectivity index (χ0) is 13.1. The van der Waals surface area contributed by atoms with Crippen LogP contribution in [0.15, 0.2) is 5.38 Å². The molecule has 1 amide bonds. The van der Waals surface area contributed by atoms with Crippen molar-refractivity contribution < 1.29 is 4.79 Å². The molecule has 0 aliphatic heterocycles. The fourth-order valence-electron chi connectivity index (χ4n) is 2.34. The van der Waals surface area contributed by atoms with Gasteiger partial charge in [0.05, 0.1) is 5.69 Å². The molecular formula is C13H21N3OS. The highest BCUT2D eigenvalue weighted by Gasteiger charge is 2.26. The summed E-state index contributed by atoms with van der Waals surface area (Å²) in [5, 5.41) is 5.58. The van der Waals surface area contributed by atoms with Gasteiger partial charge < -0.3 is 11.1 Å². The SMILES string of the molecule is CC(C)c1csc(NC(=O)C[C@@H]2CCC[C@H]2N)n1. The molecule has 1 aromatic rings. The summed E-state index contributed by atoms with van der Waals surface area (Å²) in [6.07, 6.45) is 3.79. The van der Waals surface area contributed by atoms with E-state index in [0.29, 0.717) is 23.4 Å². The topological polar surface area (TPSA) is 68.0 Å². The zero-order valence-electron chi connectivity index (χ0n) is 11.0. The molecule has 1 saturated carbocycles. The normalized spacial score (nSPS) is 23.6. The summed E-state index contributed by atoms with van der Waals surface area (Å²) in [5.41, 5.74) is 7.01. The van der Waals surface area contributed by atoms with E-state index in [1.54, 1.807) is 0 Å². The second-order valence-corrected chi connectivity index (χ2v) is 6.20. The van der Waals surface area contributed by atoms with Crippen molar-refractivity contribution in [3.63, 3.8) is 0 Å². The van der Waals surface area contributed by atoms with E-state index in [2.05, 4.69) is 24.1 Å². The number of nitrogens with two attached hydrogens (primary N) is 1. The van der Waals surface area contributed by atoms with E-state index < -0.39 is 0 Å². The van der Waals surface area contributed by atoms with Gasteiger partial charge in [0.1, 0.15) is 0 Å². The largest absolute Gasteiger partial charge is 0.327 e. The van der Waals surface area contributed by atoms with Gasteiger partial charge in [-0.2, -0.15) is 0 Å². The number of amides is 1. The summed E-state index contributed by atoms with van der Waals surface area (Å²) in [5.74, 6) is 0.784. The summed E-state index contributed by atoms with van der Waals surface area (Å²) in [6, 6.07) is 0.193. The maximum atomic E-state index is 11.9. The molecule has 100 valence electrons. The van der Waals surface area contributed by atoms with Gasteiger partial charge >= 0.3 is 0 Å². The molecule has 0 bridgehead atoms. The molecule has 2 atom stereocenters. The monoisotopic (exact) mass is 267 g/mol. The molecule has 1 fully saturated rings. The molecule has 0 aromatic carbocycles. The number of carbonyl (C=O) groups excluding carboxylic acids is 1. The lowest BCUT2D eigenvalue weighted by atomic mass is 10.00. The Morgan fingerprint density at radius 1 is 1.61 bits per heavy atom. The van der Waals surface area contributed by atoms with Crippen molar-refractivity contribution in [2.75, 3.05) is 5.32 Å². The van der Waals surface area contributed by atoms with Crippen LogP contribution in [0.3, 0.4) is 0 Å². The molecule has 18 heavy (non-hydrogen) atoms. The Kier molecular flexibility index (Phi) is 4.35. The number of aromatic nitrogens is 1. The van der Waals surface area contributed by atoms with Crippen LogP contribution in [-0.4, -0.2) is 16.9 Å². The highest BCUT2D eigenvalue weighted by molar-refractivity contribution is 7.13. The van der Waals surface area contributed by atoms with Crippen LogP contribution in [-0.2, 0) is 4.79 Å². The van der Waals surface area contributed by atoms with Gasteiger partial charge in [0, 0.05) is 17.8 Å². The minimum absolute atomic E-state index is 0.0435. The first-order valence-corrected chi connectivity index (χ1v) is 7.45. The van der Waals surface area contributed by atoms with Gasteiger partial charge in [-0.05, 0) is 24.7 Å². The average Bonchev–Trinajstić information content (AvgIpc) is 2.89. The number of rotatable bonds is 4. The predicted octanol–water partition coefficient (Wildman–Crippen LogP) is 2.72. The molecule has 3 N–H and O–H groups in total. The number of nitrogens with zero attached hydrogens (tertiary/aromatic N) is 1. The van der Waals surface area contributed by atoms with E-state index in [1.165, 1.54) is 11.3 Å². The van der Waals surface area contributed by atoms with Crippen LogP contribution < -0.4 is 11.1 Å². The number of hydrogen-bond acceptors (Lipinski definition) is 4. The van der Waals surface area contributed by atoms with Gasteiger partial charge in [-0.3, -0.25) is 4.79 Å². The second-order valence-electron chi connectivity index (χ2n) is 5.34. The van der Waals surface area contributed by atoms with Crippen LogP contribution in [0.5, 0.6) is 0 Å². The third kappa shape index (κ3) is 3.29. The van der Waals surface area contributed by atoms with Crippen LogP contribution in [0.2, 0.25) is 0 Å². The zero-order valence-corrected chi connectivity index (χ0v) is 11.8. The number of thiazole rings is 1. The minimum Gasteiger partial charge on any atom is -0.327 e. The molecule has 1 aliphatic rings. The molecule has 1 aromatic heterocycles. The van der Waals surface area contributed by atoms with Crippen molar-refractivity contribution >= 4 is 22.4 Å². The standard InChI is InChI=1S/C13H21N3OS/c1-8(2)11-7-18-13(15-11)16-12(17)6-9-4-3-5-10(9)14/h7-10H,3-6,14H2,1-2H3,(H,15,16,17)/t9-,10+/m0/s1. The van der Waals surface area contributed by atoms with E-state index in [0.717, 1.165) is 25.0 Å². The lowest BCUT2D eigenvalue weighted by molar-refractivity contribution is -0.117. The Balaban J connectivity index is 1.86. The van der Waals surface area contributed by atoms with Crippen LogP contribution in [0.1, 0.15) is 51.1 Å². The first-order chi connectivity index (χ1) is 8.56. The molecule has 1 aliphatic carbocycles. The van der Waals surface area contributed by atoms with Crippen molar-refractivity contribution in [2.24, 2.45) is 11.7 Å². The molecule has 1 heterocycles.